The molecule has 0 atom stereocenters. The molecule has 2 aromatic heterocycles. The molecule has 2 heterocycles. The third-order valence-corrected chi connectivity index (χ3v) is 4.57. The van der Waals surface area contributed by atoms with Crippen molar-refractivity contribution in [1.82, 2.24) is 15.0 Å². The largest absolute Gasteiger partial charge is 0.493 e. The van der Waals surface area contributed by atoms with Crippen LogP contribution in [0.3, 0.4) is 0 Å². The van der Waals surface area contributed by atoms with E-state index in [2.05, 4.69) is 15.0 Å². The van der Waals surface area contributed by atoms with Gasteiger partial charge in [-0.2, -0.15) is 0 Å². The number of methoxy groups -OCH3 is 3. The van der Waals surface area contributed by atoms with Gasteiger partial charge in [0.05, 0.1) is 21.3 Å². The van der Waals surface area contributed by atoms with Crippen LogP contribution in [0.2, 0.25) is 0 Å². The van der Waals surface area contributed by atoms with E-state index in [0.717, 1.165) is 16.5 Å². The van der Waals surface area contributed by atoms with Crippen molar-refractivity contribution in [3.05, 3.63) is 60.0 Å². The number of rotatable bonds is 6. The van der Waals surface area contributed by atoms with Gasteiger partial charge in [-0.1, -0.05) is 12.1 Å². The summed E-state index contributed by atoms with van der Waals surface area (Å²) in [7, 11) is 4.53. The highest BCUT2D eigenvalue weighted by molar-refractivity contribution is 6.08. The van der Waals surface area contributed by atoms with Crippen LogP contribution in [0.1, 0.15) is 16.1 Å². The van der Waals surface area contributed by atoms with Crippen molar-refractivity contribution in [2.75, 3.05) is 21.3 Å². The molecule has 0 bridgehead atoms. The molecule has 142 valence electrons. The molecule has 0 aliphatic heterocycles. The zero-order valence-corrected chi connectivity index (χ0v) is 15.7. The molecule has 2 aromatic carbocycles. The number of imidazole rings is 1. The number of carbonyl (C=O) groups excluding carboxylic acids is 1. The van der Waals surface area contributed by atoms with Gasteiger partial charge in [0.1, 0.15) is 11.5 Å². The number of carbonyl (C=O) groups is 1. The fourth-order valence-electron chi connectivity index (χ4n) is 3.14. The summed E-state index contributed by atoms with van der Waals surface area (Å²) in [4.78, 5) is 23.7. The Bertz CT molecular complexity index is 1130. The number of ether oxygens (including phenoxy) is 3. The summed E-state index contributed by atoms with van der Waals surface area (Å²) in [6.45, 7) is 0. The molecule has 28 heavy (non-hydrogen) atoms. The average molecular weight is 377 g/mol. The lowest BCUT2D eigenvalue weighted by Gasteiger charge is -2.13. The Morgan fingerprint density at radius 2 is 1.68 bits per heavy atom. The summed E-state index contributed by atoms with van der Waals surface area (Å²) in [5.41, 5.74) is 2.59. The summed E-state index contributed by atoms with van der Waals surface area (Å²) in [6.07, 6.45) is 3.48. The number of hydrogen-bond acceptors (Lipinski definition) is 5. The lowest BCUT2D eigenvalue weighted by atomic mass is 10.1. The Balaban J connectivity index is 1.69. The maximum atomic E-state index is 13.0. The maximum Gasteiger partial charge on any atom is 0.213 e. The van der Waals surface area contributed by atoms with E-state index in [1.165, 1.54) is 21.3 Å². The molecule has 0 amide bonds. The van der Waals surface area contributed by atoms with Crippen molar-refractivity contribution in [3.8, 4) is 28.6 Å². The van der Waals surface area contributed by atoms with Crippen molar-refractivity contribution in [2.24, 2.45) is 0 Å². The molecule has 0 unspecified atom stereocenters. The first-order chi connectivity index (χ1) is 13.6. The fourth-order valence-corrected chi connectivity index (χ4v) is 3.14. The van der Waals surface area contributed by atoms with Gasteiger partial charge >= 0.3 is 0 Å². The Hall–Kier alpha value is -3.74. The fraction of sp³-hybridized carbons (Fsp3) is 0.143. The third-order valence-electron chi connectivity index (χ3n) is 4.57. The topological polar surface area (TPSA) is 89.2 Å². The lowest BCUT2D eigenvalue weighted by molar-refractivity contribution is 0.103. The molecular formula is C21H19N3O4. The minimum Gasteiger partial charge on any atom is -0.493 e. The summed E-state index contributed by atoms with van der Waals surface area (Å²) < 4.78 is 16.0. The molecule has 7 nitrogen and oxygen atoms in total. The molecule has 7 heteroatoms. The lowest BCUT2D eigenvalue weighted by Crippen LogP contribution is -2.04. The summed E-state index contributed by atoms with van der Waals surface area (Å²) in [6, 6.07) is 11.2. The van der Waals surface area contributed by atoms with E-state index >= 15 is 0 Å². The second kappa shape index (κ2) is 7.11. The van der Waals surface area contributed by atoms with E-state index in [-0.39, 0.29) is 5.78 Å². The quantitative estimate of drug-likeness (QED) is 0.499. The van der Waals surface area contributed by atoms with Crippen molar-refractivity contribution < 1.29 is 19.0 Å². The van der Waals surface area contributed by atoms with E-state index in [0.29, 0.717) is 34.3 Å². The van der Waals surface area contributed by atoms with Gasteiger partial charge in [0.15, 0.2) is 11.5 Å². The van der Waals surface area contributed by atoms with Gasteiger partial charge in [0, 0.05) is 29.0 Å². The van der Waals surface area contributed by atoms with Crippen molar-refractivity contribution in [2.45, 2.75) is 0 Å². The molecule has 0 saturated heterocycles. The van der Waals surface area contributed by atoms with Gasteiger partial charge in [-0.15, -0.1) is 0 Å². The molecule has 4 aromatic rings. The van der Waals surface area contributed by atoms with E-state index in [1.807, 2.05) is 30.5 Å². The van der Waals surface area contributed by atoms with Crippen molar-refractivity contribution in [1.29, 1.82) is 0 Å². The zero-order chi connectivity index (χ0) is 19.7. The average Bonchev–Trinajstić information content (AvgIpc) is 3.40. The summed E-state index contributed by atoms with van der Waals surface area (Å²) in [5, 5.41) is 1.11. The van der Waals surface area contributed by atoms with Gasteiger partial charge in [-0.25, -0.2) is 4.98 Å². The van der Waals surface area contributed by atoms with Crippen LogP contribution in [0.15, 0.2) is 48.8 Å². The Labute approximate surface area is 161 Å². The summed E-state index contributed by atoms with van der Waals surface area (Å²) >= 11 is 0. The minimum absolute atomic E-state index is 0.247. The molecular weight excluding hydrogens is 358 g/mol. The van der Waals surface area contributed by atoms with E-state index < -0.39 is 0 Å². The predicted octanol–water partition coefficient (Wildman–Crippen LogP) is 3.81. The SMILES string of the molecule is COc1cc(C(=O)c2c[nH]c(-c3ccc4cc[nH]c4c3)n2)cc(OC)c1OC. The first kappa shape index (κ1) is 17.7. The van der Waals surface area contributed by atoms with Gasteiger partial charge in [-0.05, 0) is 29.7 Å². The minimum atomic E-state index is -0.247. The smallest absolute Gasteiger partial charge is 0.213 e. The number of nitrogens with zero attached hydrogens (tertiary/aromatic N) is 1. The van der Waals surface area contributed by atoms with E-state index in [1.54, 1.807) is 18.3 Å². The second-order valence-corrected chi connectivity index (χ2v) is 6.16. The van der Waals surface area contributed by atoms with Crippen LogP contribution < -0.4 is 14.2 Å². The molecule has 4 rings (SSSR count). The number of benzene rings is 2. The summed E-state index contributed by atoms with van der Waals surface area (Å²) in [5.74, 6) is 1.63. The molecule has 0 aliphatic rings. The zero-order valence-electron chi connectivity index (χ0n) is 15.7. The highest BCUT2D eigenvalue weighted by Crippen LogP contribution is 2.38. The monoisotopic (exact) mass is 377 g/mol. The van der Waals surface area contributed by atoms with Gasteiger partial charge in [0.25, 0.3) is 0 Å². The second-order valence-electron chi connectivity index (χ2n) is 6.16. The van der Waals surface area contributed by atoms with Crippen LogP contribution in [0.4, 0.5) is 0 Å². The predicted molar refractivity (Wildman–Crippen MR) is 105 cm³/mol. The standard InChI is InChI=1S/C21H19N3O4/c1-26-17-9-14(10-18(27-2)20(17)28-3)19(25)16-11-23-21(24-16)13-5-4-12-6-7-22-15(12)8-13/h4-11,22H,1-3H3,(H,23,24). The van der Waals surface area contributed by atoms with Crippen molar-refractivity contribution >= 4 is 16.7 Å². The highest BCUT2D eigenvalue weighted by Gasteiger charge is 2.20. The molecule has 0 fully saturated rings. The van der Waals surface area contributed by atoms with Gasteiger partial charge < -0.3 is 24.2 Å². The molecule has 0 saturated carbocycles. The number of aromatic amines is 2. The van der Waals surface area contributed by atoms with Crippen LogP contribution in [-0.4, -0.2) is 42.1 Å². The third kappa shape index (κ3) is 2.96. The number of aromatic nitrogens is 3. The number of nitrogens with one attached hydrogen (secondary N) is 2. The molecule has 0 aliphatic carbocycles. The Morgan fingerprint density at radius 3 is 2.36 bits per heavy atom. The highest BCUT2D eigenvalue weighted by atomic mass is 16.5. The van der Waals surface area contributed by atoms with Crippen LogP contribution in [0.25, 0.3) is 22.3 Å². The molecule has 0 radical (unpaired) electrons. The number of fused-ring (bicyclic) bond motifs is 1. The van der Waals surface area contributed by atoms with E-state index in [4.69, 9.17) is 14.2 Å². The van der Waals surface area contributed by atoms with Crippen LogP contribution >= 0.6 is 0 Å². The van der Waals surface area contributed by atoms with Crippen LogP contribution in [0, 0.1) is 0 Å². The van der Waals surface area contributed by atoms with Gasteiger partial charge in [0.2, 0.25) is 11.5 Å². The molecule has 2 N–H and O–H groups in total. The Morgan fingerprint density at radius 1 is 0.929 bits per heavy atom. The van der Waals surface area contributed by atoms with Crippen LogP contribution in [0.5, 0.6) is 17.2 Å². The van der Waals surface area contributed by atoms with Gasteiger partial charge in [-0.3, -0.25) is 4.79 Å². The molecule has 0 spiro atoms. The number of H-pyrrole nitrogens is 2. The maximum absolute atomic E-state index is 13.0. The normalized spacial score (nSPS) is 10.8. The van der Waals surface area contributed by atoms with E-state index in [9.17, 15) is 4.79 Å². The van der Waals surface area contributed by atoms with Crippen molar-refractivity contribution in [3.63, 3.8) is 0 Å². The number of hydrogen-bond donors (Lipinski definition) is 2. The number of ketones is 1. The first-order valence-electron chi connectivity index (χ1n) is 8.62. The Kier molecular flexibility index (Phi) is 4.49. The van der Waals surface area contributed by atoms with Crippen LogP contribution in [-0.2, 0) is 0 Å². The first-order valence-corrected chi connectivity index (χ1v) is 8.62.